The molecule has 0 spiro atoms. The Morgan fingerprint density at radius 3 is 2.63 bits per heavy atom. The van der Waals surface area contributed by atoms with Crippen molar-refractivity contribution in [3.05, 3.63) is 35.9 Å². The Bertz CT molecular complexity index is 368. The van der Waals surface area contributed by atoms with Crippen LogP contribution in [0.5, 0.6) is 0 Å². The van der Waals surface area contributed by atoms with Gasteiger partial charge in [0.05, 0.1) is 25.4 Å². The molecule has 0 aromatic heterocycles. The summed E-state index contributed by atoms with van der Waals surface area (Å²) in [4.78, 5) is 0. The van der Waals surface area contributed by atoms with Crippen LogP contribution in [0.1, 0.15) is 25.3 Å². The molecule has 1 aliphatic rings. The van der Waals surface area contributed by atoms with Crippen molar-refractivity contribution in [2.24, 2.45) is 0 Å². The van der Waals surface area contributed by atoms with Gasteiger partial charge in [-0.3, -0.25) is 0 Å². The van der Waals surface area contributed by atoms with Gasteiger partial charge in [0, 0.05) is 0 Å². The number of aliphatic hydroxyl groups is 2. The second kappa shape index (κ2) is 7.01. The van der Waals surface area contributed by atoms with E-state index in [-0.39, 0.29) is 18.8 Å². The monoisotopic (exact) mass is 266 g/mol. The van der Waals surface area contributed by atoms with Crippen LogP contribution in [0.25, 0.3) is 0 Å². The third-order valence-electron chi connectivity index (χ3n) is 3.48. The van der Waals surface area contributed by atoms with Gasteiger partial charge in [-0.25, -0.2) is 0 Å². The molecule has 1 heterocycles. The minimum Gasteiger partial charge on any atom is -0.394 e. The fourth-order valence-corrected chi connectivity index (χ4v) is 2.41. The molecule has 4 heteroatoms. The first kappa shape index (κ1) is 14.5. The van der Waals surface area contributed by atoms with Gasteiger partial charge in [-0.1, -0.05) is 30.3 Å². The first-order chi connectivity index (χ1) is 9.20. The zero-order valence-corrected chi connectivity index (χ0v) is 11.2. The minimum atomic E-state index is -0.904. The number of benzene rings is 1. The van der Waals surface area contributed by atoms with E-state index in [0.717, 1.165) is 18.4 Å². The summed E-state index contributed by atoms with van der Waals surface area (Å²) in [6.45, 7) is 2.12. The molecule has 1 saturated heterocycles. The van der Waals surface area contributed by atoms with E-state index in [2.05, 4.69) is 0 Å². The molecule has 1 fully saturated rings. The average Bonchev–Trinajstić information content (AvgIpc) is 2.86. The lowest BCUT2D eigenvalue weighted by Gasteiger charge is -2.27. The van der Waals surface area contributed by atoms with E-state index in [9.17, 15) is 5.11 Å². The van der Waals surface area contributed by atoms with Gasteiger partial charge >= 0.3 is 0 Å². The van der Waals surface area contributed by atoms with Gasteiger partial charge in [0.15, 0.2) is 0 Å². The number of aliphatic hydroxyl groups excluding tert-OH is 2. The van der Waals surface area contributed by atoms with Crippen LogP contribution in [0.3, 0.4) is 0 Å². The van der Waals surface area contributed by atoms with Crippen molar-refractivity contribution < 1.29 is 19.7 Å². The van der Waals surface area contributed by atoms with Gasteiger partial charge in [0.1, 0.15) is 12.2 Å². The molecule has 0 radical (unpaired) electrons. The Morgan fingerprint density at radius 2 is 2.05 bits per heavy atom. The van der Waals surface area contributed by atoms with Crippen molar-refractivity contribution in [2.45, 2.75) is 50.8 Å². The summed E-state index contributed by atoms with van der Waals surface area (Å²) in [7, 11) is 0. The smallest absolute Gasteiger partial charge is 0.112 e. The van der Waals surface area contributed by atoms with Gasteiger partial charge in [0.2, 0.25) is 0 Å². The quantitative estimate of drug-likeness (QED) is 0.819. The van der Waals surface area contributed by atoms with Crippen molar-refractivity contribution in [2.75, 3.05) is 6.61 Å². The maximum absolute atomic E-state index is 9.89. The summed E-state index contributed by atoms with van der Waals surface area (Å²) in [6, 6.07) is 9.79. The molecule has 0 bridgehead atoms. The molecule has 1 aromatic carbocycles. The summed E-state index contributed by atoms with van der Waals surface area (Å²) in [5.41, 5.74) is 1.05. The molecule has 0 saturated carbocycles. The minimum absolute atomic E-state index is 0.138. The summed E-state index contributed by atoms with van der Waals surface area (Å²) in [5.74, 6) is 0. The third kappa shape index (κ3) is 4.01. The molecule has 1 aliphatic heterocycles. The van der Waals surface area contributed by atoms with Gasteiger partial charge < -0.3 is 19.7 Å². The number of hydrogen-bond donors (Lipinski definition) is 2. The third-order valence-corrected chi connectivity index (χ3v) is 3.48. The van der Waals surface area contributed by atoms with E-state index in [1.807, 2.05) is 37.3 Å². The lowest BCUT2D eigenvalue weighted by atomic mass is 10.0. The number of rotatable bonds is 6. The van der Waals surface area contributed by atoms with Crippen LogP contribution in [0.15, 0.2) is 30.3 Å². The Kier molecular flexibility index (Phi) is 5.34. The van der Waals surface area contributed by atoms with Crippen molar-refractivity contribution in [1.82, 2.24) is 0 Å². The van der Waals surface area contributed by atoms with Crippen molar-refractivity contribution in [1.29, 1.82) is 0 Å². The molecule has 2 N–H and O–H groups in total. The van der Waals surface area contributed by atoms with Crippen LogP contribution >= 0.6 is 0 Å². The zero-order chi connectivity index (χ0) is 13.7. The molecule has 1 unspecified atom stereocenters. The Labute approximate surface area is 114 Å². The van der Waals surface area contributed by atoms with Crippen LogP contribution in [-0.2, 0) is 16.1 Å². The highest BCUT2D eigenvalue weighted by Gasteiger charge is 2.34. The van der Waals surface area contributed by atoms with Crippen LogP contribution in [0.4, 0.5) is 0 Å². The highest BCUT2D eigenvalue weighted by Crippen LogP contribution is 2.25. The standard InChI is InChI=1S/C15H22O4/c1-11-7-8-14(19-11)15(13(17)9-16)18-10-12-5-3-2-4-6-12/h2-6,11,13-17H,7-10H2,1H3/t11?,13-,14+,15+/m0/s1. The van der Waals surface area contributed by atoms with Crippen LogP contribution < -0.4 is 0 Å². The highest BCUT2D eigenvalue weighted by atomic mass is 16.6. The van der Waals surface area contributed by atoms with Crippen LogP contribution in [-0.4, -0.2) is 41.2 Å². The van der Waals surface area contributed by atoms with Crippen LogP contribution in [0, 0.1) is 0 Å². The summed E-state index contributed by atoms with van der Waals surface area (Å²) < 4.78 is 11.5. The van der Waals surface area contributed by atoms with E-state index >= 15 is 0 Å². The Balaban J connectivity index is 1.94. The molecule has 1 aromatic rings. The number of ether oxygens (including phenoxy) is 2. The van der Waals surface area contributed by atoms with Crippen molar-refractivity contribution in [3.63, 3.8) is 0 Å². The maximum atomic E-state index is 9.89. The average molecular weight is 266 g/mol. The van der Waals surface area contributed by atoms with Crippen molar-refractivity contribution in [3.8, 4) is 0 Å². The fraction of sp³-hybridized carbons (Fsp3) is 0.600. The maximum Gasteiger partial charge on any atom is 0.112 e. The first-order valence-electron chi connectivity index (χ1n) is 6.80. The molecule has 4 nitrogen and oxygen atoms in total. The predicted molar refractivity (Wildman–Crippen MR) is 71.7 cm³/mol. The first-order valence-corrected chi connectivity index (χ1v) is 6.80. The molecular formula is C15H22O4. The second-order valence-electron chi connectivity index (χ2n) is 5.07. The number of hydrogen-bond acceptors (Lipinski definition) is 4. The molecule has 0 aliphatic carbocycles. The largest absolute Gasteiger partial charge is 0.394 e. The highest BCUT2D eigenvalue weighted by molar-refractivity contribution is 5.13. The fourth-order valence-electron chi connectivity index (χ4n) is 2.41. The topological polar surface area (TPSA) is 58.9 Å². The second-order valence-corrected chi connectivity index (χ2v) is 5.07. The molecule has 2 rings (SSSR count). The predicted octanol–water partition coefficient (Wildman–Crippen LogP) is 1.49. The van der Waals surface area contributed by atoms with Crippen molar-refractivity contribution >= 4 is 0 Å². The Hall–Kier alpha value is -0.940. The summed E-state index contributed by atoms with van der Waals surface area (Å²) >= 11 is 0. The molecule has 4 atom stereocenters. The van der Waals surface area contributed by atoms with Gasteiger partial charge in [-0.15, -0.1) is 0 Å². The Morgan fingerprint density at radius 1 is 1.32 bits per heavy atom. The zero-order valence-electron chi connectivity index (χ0n) is 11.2. The van der Waals surface area contributed by atoms with E-state index in [1.54, 1.807) is 0 Å². The van der Waals surface area contributed by atoms with E-state index in [4.69, 9.17) is 14.6 Å². The van der Waals surface area contributed by atoms with Gasteiger partial charge in [-0.05, 0) is 25.3 Å². The molecule has 0 amide bonds. The SMILES string of the molecule is CC1CC[C@H]([C@H](OCc2ccccc2)[C@@H](O)CO)O1. The lowest BCUT2D eigenvalue weighted by molar-refractivity contribution is -0.131. The van der Waals surface area contributed by atoms with E-state index < -0.39 is 12.2 Å². The summed E-state index contributed by atoms with van der Waals surface area (Å²) in [5, 5.41) is 19.0. The lowest BCUT2D eigenvalue weighted by Crippen LogP contribution is -2.41. The molecule has 106 valence electrons. The molecule has 19 heavy (non-hydrogen) atoms. The summed E-state index contributed by atoms with van der Waals surface area (Å²) in [6.07, 6.45) is 0.500. The van der Waals surface area contributed by atoms with Crippen LogP contribution in [0.2, 0.25) is 0 Å². The normalized spacial score (nSPS) is 26.3. The van der Waals surface area contributed by atoms with Gasteiger partial charge in [-0.2, -0.15) is 0 Å². The van der Waals surface area contributed by atoms with E-state index in [1.165, 1.54) is 0 Å². The molecular weight excluding hydrogens is 244 g/mol. The van der Waals surface area contributed by atoms with E-state index in [0.29, 0.717) is 6.61 Å². The van der Waals surface area contributed by atoms with Gasteiger partial charge in [0.25, 0.3) is 0 Å².